The smallest absolute Gasteiger partial charge is 0.354 e. The molecule has 4 aromatic rings. The predicted octanol–water partition coefficient (Wildman–Crippen LogP) is 3.92. The Kier molecular flexibility index (Phi) is 5.58. The summed E-state index contributed by atoms with van der Waals surface area (Å²) in [6, 6.07) is 13.4. The quantitative estimate of drug-likeness (QED) is 0.468. The first kappa shape index (κ1) is 20.7. The number of carbonyl (C=O) groups is 2. The molecular formula is C22H15FN4O5. The molecule has 4 rings (SSSR count). The van der Waals surface area contributed by atoms with Crippen LogP contribution in [0.25, 0.3) is 11.0 Å². The predicted molar refractivity (Wildman–Crippen MR) is 112 cm³/mol. The van der Waals surface area contributed by atoms with E-state index in [0.717, 1.165) is 6.07 Å². The van der Waals surface area contributed by atoms with E-state index < -0.39 is 17.7 Å². The van der Waals surface area contributed by atoms with Crippen LogP contribution < -0.4 is 14.8 Å². The van der Waals surface area contributed by atoms with Crippen LogP contribution in [0.2, 0.25) is 0 Å². The van der Waals surface area contributed by atoms with Gasteiger partial charge in [0, 0.05) is 6.07 Å². The number of pyridine rings is 1. The molecular weight excluding hydrogens is 419 g/mol. The summed E-state index contributed by atoms with van der Waals surface area (Å²) in [5.41, 5.74) is 0.741. The third kappa shape index (κ3) is 4.29. The summed E-state index contributed by atoms with van der Waals surface area (Å²) in [4.78, 5) is 36.2. The van der Waals surface area contributed by atoms with E-state index in [1.165, 1.54) is 37.6 Å². The van der Waals surface area contributed by atoms with Crippen molar-refractivity contribution in [1.29, 1.82) is 0 Å². The second-order valence-electron chi connectivity index (χ2n) is 6.46. The van der Waals surface area contributed by atoms with Gasteiger partial charge in [-0.15, -0.1) is 0 Å². The summed E-state index contributed by atoms with van der Waals surface area (Å²) >= 11 is 0. The highest BCUT2D eigenvalue weighted by molar-refractivity contribution is 6.05. The molecule has 0 spiro atoms. The number of nitrogens with zero attached hydrogens (tertiary/aromatic N) is 3. The van der Waals surface area contributed by atoms with Gasteiger partial charge < -0.3 is 19.9 Å². The summed E-state index contributed by atoms with van der Waals surface area (Å²) in [5.74, 6) is -2.68. The third-order valence-electron chi connectivity index (χ3n) is 4.34. The molecule has 0 atom stereocenters. The average Bonchev–Trinajstić information content (AvgIpc) is 2.80. The third-order valence-corrected chi connectivity index (χ3v) is 4.34. The molecule has 9 nitrogen and oxygen atoms in total. The molecule has 2 aromatic heterocycles. The van der Waals surface area contributed by atoms with Crippen molar-refractivity contribution >= 4 is 28.6 Å². The molecule has 0 radical (unpaired) electrons. The normalized spacial score (nSPS) is 10.6. The van der Waals surface area contributed by atoms with Crippen molar-refractivity contribution in [3.63, 3.8) is 0 Å². The standard InChI is InChI=1S/C22H15FN4O5/c1-31-13-7-9-18(14(23)10-13)32-21-19(26-15-4-2-3-5-16(15)27-21)20(28)25-12-6-8-17(22(29)30)24-11-12/h2-11H,1H3,(H,25,28)(H,29,30). The molecule has 2 heterocycles. The Morgan fingerprint density at radius 3 is 2.41 bits per heavy atom. The maximum absolute atomic E-state index is 14.4. The minimum atomic E-state index is -1.19. The van der Waals surface area contributed by atoms with Gasteiger partial charge in [0.15, 0.2) is 17.3 Å². The van der Waals surface area contributed by atoms with Gasteiger partial charge in [0.2, 0.25) is 0 Å². The maximum atomic E-state index is 14.4. The molecule has 0 aliphatic rings. The fraction of sp³-hybridized carbons (Fsp3) is 0.0455. The number of anilines is 1. The first-order valence-corrected chi connectivity index (χ1v) is 9.23. The number of aromatic carboxylic acids is 1. The minimum absolute atomic E-state index is 0.170. The Bertz CT molecular complexity index is 1330. The zero-order valence-corrected chi connectivity index (χ0v) is 16.6. The highest BCUT2D eigenvalue weighted by atomic mass is 19.1. The number of para-hydroxylation sites is 2. The molecule has 2 aromatic carbocycles. The molecule has 0 saturated heterocycles. The van der Waals surface area contributed by atoms with Crippen LogP contribution >= 0.6 is 0 Å². The van der Waals surface area contributed by atoms with Gasteiger partial charge in [0.25, 0.3) is 11.8 Å². The molecule has 0 saturated carbocycles. The lowest BCUT2D eigenvalue weighted by molar-refractivity contribution is 0.0690. The Balaban J connectivity index is 1.70. The van der Waals surface area contributed by atoms with Gasteiger partial charge in [-0.25, -0.2) is 24.1 Å². The van der Waals surface area contributed by atoms with Gasteiger partial charge in [0.05, 0.1) is 30.0 Å². The first-order valence-electron chi connectivity index (χ1n) is 9.23. The molecule has 1 amide bonds. The second-order valence-corrected chi connectivity index (χ2v) is 6.46. The highest BCUT2D eigenvalue weighted by Crippen LogP contribution is 2.29. The number of carbonyl (C=O) groups excluding carboxylic acids is 1. The van der Waals surface area contributed by atoms with E-state index in [-0.39, 0.29) is 28.7 Å². The number of fused-ring (bicyclic) bond motifs is 1. The fourth-order valence-corrected chi connectivity index (χ4v) is 2.78. The Morgan fingerprint density at radius 1 is 1.03 bits per heavy atom. The van der Waals surface area contributed by atoms with Crippen molar-refractivity contribution in [3.05, 3.63) is 78.0 Å². The number of benzene rings is 2. The highest BCUT2D eigenvalue weighted by Gasteiger charge is 2.20. The maximum Gasteiger partial charge on any atom is 0.354 e. The van der Waals surface area contributed by atoms with E-state index in [4.69, 9.17) is 14.6 Å². The van der Waals surface area contributed by atoms with Gasteiger partial charge in [-0.05, 0) is 36.4 Å². The van der Waals surface area contributed by atoms with Crippen molar-refractivity contribution in [1.82, 2.24) is 15.0 Å². The largest absolute Gasteiger partial charge is 0.497 e. The van der Waals surface area contributed by atoms with Crippen molar-refractivity contribution in [3.8, 4) is 17.4 Å². The van der Waals surface area contributed by atoms with Crippen LogP contribution in [0.3, 0.4) is 0 Å². The summed E-state index contributed by atoms with van der Waals surface area (Å²) < 4.78 is 25.0. The number of hydrogen-bond donors (Lipinski definition) is 2. The molecule has 0 bridgehead atoms. The van der Waals surface area contributed by atoms with Crippen LogP contribution in [-0.4, -0.2) is 39.0 Å². The van der Waals surface area contributed by atoms with E-state index >= 15 is 0 Å². The topological polar surface area (TPSA) is 124 Å². The molecule has 0 fully saturated rings. The Morgan fingerprint density at radius 2 is 1.78 bits per heavy atom. The summed E-state index contributed by atoms with van der Waals surface area (Å²) in [6.45, 7) is 0. The van der Waals surface area contributed by atoms with Gasteiger partial charge >= 0.3 is 5.97 Å². The van der Waals surface area contributed by atoms with Gasteiger partial charge in [-0.3, -0.25) is 4.79 Å². The van der Waals surface area contributed by atoms with Gasteiger partial charge in [0.1, 0.15) is 11.4 Å². The SMILES string of the molecule is COc1ccc(Oc2nc3ccccc3nc2C(=O)Nc2ccc(C(=O)O)nc2)c(F)c1. The van der Waals surface area contributed by atoms with Crippen LogP contribution in [0, 0.1) is 5.82 Å². The zero-order valence-electron chi connectivity index (χ0n) is 16.6. The van der Waals surface area contributed by atoms with Crippen molar-refractivity contribution < 1.29 is 28.6 Å². The van der Waals surface area contributed by atoms with E-state index in [9.17, 15) is 14.0 Å². The van der Waals surface area contributed by atoms with Crippen LogP contribution in [0.1, 0.15) is 21.0 Å². The van der Waals surface area contributed by atoms with E-state index in [2.05, 4.69) is 20.3 Å². The molecule has 32 heavy (non-hydrogen) atoms. The molecule has 2 N–H and O–H groups in total. The first-order chi connectivity index (χ1) is 15.4. The number of hydrogen-bond acceptors (Lipinski definition) is 7. The molecule has 0 unspecified atom stereocenters. The zero-order chi connectivity index (χ0) is 22.7. The lowest BCUT2D eigenvalue weighted by Gasteiger charge is -2.12. The summed E-state index contributed by atoms with van der Waals surface area (Å²) in [5, 5.41) is 11.5. The summed E-state index contributed by atoms with van der Waals surface area (Å²) in [6.07, 6.45) is 1.19. The lowest BCUT2D eigenvalue weighted by atomic mass is 10.2. The van der Waals surface area contributed by atoms with E-state index in [0.29, 0.717) is 16.8 Å². The molecule has 0 aliphatic heterocycles. The van der Waals surface area contributed by atoms with Crippen molar-refractivity contribution in [2.45, 2.75) is 0 Å². The van der Waals surface area contributed by atoms with Crippen molar-refractivity contribution in [2.24, 2.45) is 0 Å². The number of carboxylic acid groups (broad SMARTS) is 1. The fourth-order valence-electron chi connectivity index (χ4n) is 2.78. The summed E-state index contributed by atoms with van der Waals surface area (Å²) in [7, 11) is 1.41. The van der Waals surface area contributed by atoms with Crippen LogP contribution in [0.5, 0.6) is 17.4 Å². The number of nitrogens with one attached hydrogen (secondary N) is 1. The number of carboxylic acids is 1. The lowest BCUT2D eigenvalue weighted by Crippen LogP contribution is -2.16. The monoisotopic (exact) mass is 434 g/mol. The Hall–Kier alpha value is -4.60. The number of rotatable bonds is 6. The number of aromatic nitrogens is 3. The Labute approximate surface area is 180 Å². The number of methoxy groups -OCH3 is 1. The molecule has 0 aliphatic carbocycles. The molecule has 160 valence electrons. The van der Waals surface area contributed by atoms with Crippen LogP contribution in [0.15, 0.2) is 60.8 Å². The number of amides is 1. The van der Waals surface area contributed by atoms with E-state index in [1.807, 2.05) is 0 Å². The van der Waals surface area contributed by atoms with E-state index in [1.54, 1.807) is 24.3 Å². The minimum Gasteiger partial charge on any atom is -0.497 e. The number of ether oxygens (including phenoxy) is 2. The van der Waals surface area contributed by atoms with Gasteiger partial charge in [-0.1, -0.05) is 12.1 Å². The second kappa shape index (κ2) is 8.64. The average molecular weight is 434 g/mol. The number of halogens is 1. The van der Waals surface area contributed by atoms with Gasteiger partial charge in [-0.2, -0.15) is 0 Å². The molecule has 10 heteroatoms. The van der Waals surface area contributed by atoms with Crippen LogP contribution in [-0.2, 0) is 0 Å². The van der Waals surface area contributed by atoms with Crippen LogP contribution in [0.4, 0.5) is 10.1 Å². The van der Waals surface area contributed by atoms with Crippen molar-refractivity contribution in [2.75, 3.05) is 12.4 Å².